The normalized spacial score (nSPS) is 12.0. The monoisotopic (exact) mass is 311 g/mol. The van der Waals surface area contributed by atoms with Crippen LogP contribution in [0.25, 0.3) is 20.7 Å². The van der Waals surface area contributed by atoms with Crippen LogP contribution in [-0.4, -0.2) is 16.1 Å². The Hall–Kier alpha value is -2.28. The van der Waals surface area contributed by atoms with Crippen molar-refractivity contribution in [2.45, 2.75) is 6.18 Å². The van der Waals surface area contributed by atoms with E-state index in [9.17, 15) is 18.0 Å². The summed E-state index contributed by atoms with van der Waals surface area (Å²) < 4.78 is 39.0. The van der Waals surface area contributed by atoms with Crippen molar-refractivity contribution in [1.82, 2.24) is 4.98 Å². The van der Waals surface area contributed by atoms with Gasteiger partial charge in [-0.3, -0.25) is 0 Å². The number of hydrogen-bond acceptors (Lipinski definition) is 2. The van der Waals surface area contributed by atoms with Crippen LogP contribution in [0, 0.1) is 0 Å². The Kier molecular flexibility index (Phi) is 3.02. The van der Waals surface area contributed by atoms with Gasteiger partial charge < -0.3 is 10.1 Å². The van der Waals surface area contributed by atoms with Crippen LogP contribution in [0.15, 0.2) is 36.4 Å². The van der Waals surface area contributed by atoms with Crippen molar-refractivity contribution in [1.29, 1.82) is 0 Å². The van der Waals surface area contributed by atoms with Crippen LogP contribution in [0.1, 0.15) is 16.1 Å². The Balaban J connectivity index is 2.15. The average molecular weight is 311 g/mol. The summed E-state index contributed by atoms with van der Waals surface area (Å²) in [5.74, 6) is -1.11. The molecule has 0 amide bonds. The average Bonchev–Trinajstić information content (AvgIpc) is 3.03. The van der Waals surface area contributed by atoms with Crippen LogP contribution < -0.4 is 0 Å². The fourth-order valence-corrected chi connectivity index (χ4v) is 3.26. The third kappa shape index (κ3) is 2.40. The lowest BCUT2D eigenvalue weighted by Crippen LogP contribution is -2.04. The minimum absolute atomic E-state index is 0.00139. The highest BCUT2D eigenvalue weighted by molar-refractivity contribution is 7.22. The van der Waals surface area contributed by atoms with E-state index >= 15 is 0 Å². The Morgan fingerprint density at radius 2 is 1.95 bits per heavy atom. The second kappa shape index (κ2) is 4.63. The van der Waals surface area contributed by atoms with Gasteiger partial charge in [0.1, 0.15) is 5.69 Å². The van der Waals surface area contributed by atoms with Crippen LogP contribution in [-0.2, 0) is 6.18 Å². The van der Waals surface area contributed by atoms with Gasteiger partial charge in [0.15, 0.2) is 0 Å². The standard InChI is InChI=1S/C14H8F3NO2S/c15-14(16,17)8-3-1-2-7-6-11(21-12(7)8)9-4-5-10(18-9)13(19)20/h1-6,18H,(H,19,20). The van der Waals surface area contributed by atoms with Gasteiger partial charge in [-0.25, -0.2) is 4.79 Å². The molecule has 108 valence electrons. The Labute approximate surface area is 120 Å². The van der Waals surface area contributed by atoms with E-state index in [-0.39, 0.29) is 10.4 Å². The SMILES string of the molecule is O=C(O)c1ccc(-c2cc3cccc(C(F)(F)F)c3s2)[nH]1. The molecular formula is C14H8F3NO2S. The van der Waals surface area contributed by atoms with E-state index < -0.39 is 17.7 Å². The first-order valence-electron chi connectivity index (χ1n) is 5.88. The van der Waals surface area contributed by atoms with E-state index in [0.717, 1.165) is 17.4 Å². The number of thiophene rings is 1. The minimum Gasteiger partial charge on any atom is -0.477 e. The van der Waals surface area contributed by atoms with Crippen LogP contribution >= 0.6 is 11.3 Å². The van der Waals surface area contributed by atoms with Gasteiger partial charge in [0.05, 0.1) is 16.1 Å². The summed E-state index contributed by atoms with van der Waals surface area (Å²) in [5, 5.41) is 9.34. The molecule has 2 heterocycles. The third-order valence-corrected chi connectivity index (χ3v) is 4.25. The van der Waals surface area contributed by atoms with E-state index in [2.05, 4.69) is 4.98 Å². The van der Waals surface area contributed by atoms with Gasteiger partial charge >= 0.3 is 12.1 Å². The number of benzene rings is 1. The molecule has 0 fully saturated rings. The predicted octanol–water partition coefficient (Wildman–Crippen LogP) is 4.61. The van der Waals surface area contributed by atoms with Crippen LogP contribution in [0.5, 0.6) is 0 Å². The predicted molar refractivity (Wildman–Crippen MR) is 73.6 cm³/mol. The second-order valence-corrected chi connectivity index (χ2v) is 5.48. The molecule has 0 bridgehead atoms. The lowest BCUT2D eigenvalue weighted by atomic mass is 10.1. The number of aromatic nitrogens is 1. The maximum absolute atomic E-state index is 13.0. The highest BCUT2D eigenvalue weighted by Crippen LogP contribution is 2.41. The summed E-state index contributed by atoms with van der Waals surface area (Å²) in [6.45, 7) is 0. The summed E-state index contributed by atoms with van der Waals surface area (Å²) in [6, 6.07) is 8.55. The van der Waals surface area contributed by atoms with Gasteiger partial charge in [0, 0.05) is 4.70 Å². The lowest BCUT2D eigenvalue weighted by Gasteiger charge is -2.06. The van der Waals surface area contributed by atoms with E-state index in [4.69, 9.17) is 5.11 Å². The maximum Gasteiger partial charge on any atom is 0.417 e. The number of hydrogen-bond donors (Lipinski definition) is 2. The zero-order valence-electron chi connectivity index (χ0n) is 10.4. The molecule has 0 aliphatic rings. The van der Waals surface area contributed by atoms with Gasteiger partial charge in [0.2, 0.25) is 0 Å². The fourth-order valence-electron chi connectivity index (χ4n) is 2.08. The van der Waals surface area contributed by atoms with Crippen molar-refractivity contribution in [2.75, 3.05) is 0 Å². The molecule has 3 nitrogen and oxygen atoms in total. The first-order chi connectivity index (χ1) is 9.86. The molecule has 3 rings (SSSR count). The van der Waals surface area contributed by atoms with Gasteiger partial charge in [-0.15, -0.1) is 11.3 Å². The topological polar surface area (TPSA) is 53.1 Å². The van der Waals surface area contributed by atoms with Crippen LogP contribution in [0.2, 0.25) is 0 Å². The molecule has 2 N–H and O–H groups in total. The number of nitrogens with one attached hydrogen (secondary N) is 1. The zero-order valence-corrected chi connectivity index (χ0v) is 11.2. The van der Waals surface area contributed by atoms with Crippen molar-refractivity contribution in [3.8, 4) is 10.6 Å². The van der Waals surface area contributed by atoms with Gasteiger partial charge in [-0.05, 0) is 29.7 Å². The Bertz CT molecular complexity index is 832. The summed E-state index contributed by atoms with van der Waals surface area (Å²) in [7, 11) is 0. The van der Waals surface area contributed by atoms with Crippen molar-refractivity contribution >= 4 is 27.4 Å². The van der Waals surface area contributed by atoms with E-state index in [0.29, 0.717) is 16.0 Å². The molecule has 2 aromatic heterocycles. The van der Waals surface area contributed by atoms with Crippen molar-refractivity contribution in [3.63, 3.8) is 0 Å². The molecule has 0 atom stereocenters. The smallest absolute Gasteiger partial charge is 0.417 e. The van der Waals surface area contributed by atoms with Crippen LogP contribution in [0.4, 0.5) is 13.2 Å². The molecule has 0 unspecified atom stereocenters. The molecule has 0 saturated carbocycles. The number of aromatic amines is 1. The summed E-state index contributed by atoms with van der Waals surface area (Å²) in [6.07, 6.45) is -4.41. The molecule has 7 heteroatoms. The second-order valence-electron chi connectivity index (χ2n) is 4.42. The maximum atomic E-state index is 13.0. The van der Waals surface area contributed by atoms with E-state index in [1.165, 1.54) is 12.1 Å². The summed E-state index contributed by atoms with van der Waals surface area (Å²) in [5.41, 5.74) is -0.193. The van der Waals surface area contributed by atoms with Crippen molar-refractivity contribution < 1.29 is 23.1 Å². The minimum atomic E-state index is -4.41. The molecule has 0 aliphatic heterocycles. The van der Waals surface area contributed by atoms with Gasteiger partial charge in [-0.1, -0.05) is 12.1 Å². The molecular weight excluding hydrogens is 303 g/mol. The molecule has 21 heavy (non-hydrogen) atoms. The number of carbonyl (C=O) groups is 1. The first kappa shape index (κ1) is 13.7. The number of carboxylic acid groups (broad SMARTS) is 1. The number of rotatable bonds is 2. The Morgan fingerprint density at radius 1 is 1.19 bits per heavy atom. The first-order valence-corrected chi connectivity index (χ1v) is 6.70. The largest absolute Gasteiger partial charge is 0.477 e. The zero-order chi connectivity index (χ0) is 15.2. The fraction of sp³-hybridized carbons (Fsp3) is 0.0714. The van der Waals surface area contributed by atoms with E-state index in [1.54, 1.807) is 18.2 Å². The van der Waals surface area contributed by atoms with E-state index in [1.807, 2.05) is 0 Å². The number of H-pyrrole nitrogens is 1. The molecule has 0 aliphatic carbocycles. The van der Waals surface area contributed by atoms with Gasteiger partial charge in [-0.2, -0.15) is 13.2 Å². The third-order valence-electron chi connectivity index (χ3n) is 3.03. The Morgan fingerprint density at radius 3 is 2.57 bits per heavy atom. The molecule has 0 spiro atoms. The van der Waals surface area contributed by atoms with Crippen LogP contribution in [0.3, 0.4) is 0 Å². The highest BCUT2D eigenvalue weighted by Gasteiger charge is 2.33. The number of fused-ring (bicyclic) bond motifs is 1. The lowest BCUT2D eigenvalue weighted by molar-refractivity contribution is -0.136. The van der Waals surface area contributed by atoms with Crippen molar-refractivity contribution in [2.24, 2.45) is 0 Å². The highest BCUT2D eigenvalue weighted by atomic mass is 32.1. The molecule has 0 saturated heterocycles. The van der Waals surface area contributed by atoms with Crippen molar-refractivity contribution in [3.05, 3.63) is 47.7 Å². The quantitative estimate of drug-likeness (QED) is 0.726. The molecule has 1 aromatic carbocycles. The number of carboxylic acids is 1. The summed E-state index contributed by atoms with van der Waals surface area (Å²) in [4.78, 5) is 14.1. The molecule has 0 radical (unpaired) electrons. The summed E-state index contributed by atoms with van der Waals surface area (Å²) >= 11 is 0.985. The number of halogens is 3. The van der Waals surface area contributed by atoms with Gasteiger partial charge in [0.25, 0.3) is 0 Å². The number of alkyl halides is 3. The molecule has 3 aromatic rings. The number of aromatic carboxylic acids is 1.